The zero-order valence-electron chi connectivity index (χ0n) is 10.4. The molecule has 1 amide bonds. The average Bonchev–Trinajstić information content (AvgIpc) is 2.24. The van der Waals surface area contributed by atoms with Crippen molar-refractivity contribution < 1.29 is 14.5 Å². The Bertz CT molecular complexity index is 454. The molecule has 0 unspecified atom stereocenters. The lowest BCUT2D eigenvalue weighted by atomic mass is 10.2. The van der Waals surface area contributed by atoms with Gasteiger partial charge >= 0.3 is 6.09 Å². The van der Waals surface area contributed by atoms with Gasteiger partial charge in [0.25, 0.3) is 5.69 Å². The first kappa shape index (κ1) is 13.8. The standard InChI is InChI=1S/C11H15N3O4/c1-11(2,3)18-10(15)13-12-8-6-4-5-7-9(8)14(16)17/h4-7,12H,1-3H3,(H,13,15). The van der Waals surface area contributed by atoms with Gasteiger partial charge in [-0.05, 0) is 26.8 Å². The Morgan fingerprint density at radius 1 is 1.33 bits per heavy atom. The number of ether oxygens (including phenoxy) is 1. The number of hydrogen-bond donors (Lipinski definition) is 2. The molecule has 18 heavy (non-hydrogen) atoms. The molecule has 7 nitrogen and oxygen atoms in total. The van der Waals surface area contributed by atoms with Crippen LogP contribution >= 0.6 is 0 Å². The SMILES string of the molecule is CC(C)(C)OC(=O)NNc1ccccc1[N+](=O)[O-]. The van der Waals surface area contributed by atoms with Crippen LogP contribution in [0.25, 0.3) is 0 Å². The first-order chi connectivity index (χ1) is 8.29. The van der Waals surface area contributed by atoms with E-state index in [1.54, 1.807) is 26.8 Å². The number of carbonyl (C=O) groups is 1. The molecule has 0 saturated carbocycles. The second-order valence-corrected chi connectivity index (χ2v) is 4.53. The van der Waals surface area contributed by atoms with Gasteiger partial charge in [0, 0.05) is 6.07 Å². The summed E-state index contributed by atoms with van der Waals surface area (Å²) in [5.41, 5.74) is 4.11. The molecule has 1 rings (SSSR count). The summed E-state index contributed by atoms with van der Waals surface area (Å²) < 4.78 is 4.98. The molecule has 0 spiro atoms. The number of rotatable bonds is 3. The number of benzene rings is 1. The number of hydrazine groups is 1. The summed E-state index contributed by atoms with van der Waals surface area (Å²) in [5.74, 6) is 0. The fourth-order valence-corrected chi connectivity index (χ4v) is 1.16. The fourth-order valence-electron chi connectivity index (χ4n) is 1.16. The molecule has 7 heteroatoms. The molecule has 1 aromatic rings. The van der Waals surface area contributed by atoms with Crippen LogP contribution in [0.2, 0.25) is 0 Å². The summed E-state index contributed by atoms with van der Waals surface area (Å²) in [6.45, 7) is 5.16. The van der Waals surface area contributed by atoms with Crippen LogP contribution in [0.4, 0.5) is 16.2 Å². The molecule has 0 atom stereocenters. The number of nitrogens with one attached hydrogen (secondary N) is 2. The van der Waals surface area contributed by atoms with Crippen LogP contribution in [0.1, 0.15) is 20.8 Å². The largest absolute Gasteiger partial charge is 0.443 e. The van der Waals surface area contributed by atoms with Gasteiger partial charge in [-0.2, -0.15) is 0 Å². The van der Waals surface area contributed by atoms with E-state index in [2.05, 4.69) is 10.9 Å². The van der Waals surface area contributed by atoms with Crippen molar-refractivity contribution in [1.29, 1.82) is 0 Å². The minimum Gasteiger partial charge on any atom is -0.443 e. The molecular weight excluding hydrogens is 238 g/mol. The third-order valence-corrected chi connectivity index (χ3v) is 1.80. The van der Waals surface area contributed by atoms with Gasteiger partial charge in [-0.15, -0.1) is 0 Å². The lowest BCUT2D eigenvalue weighted by Gasteiger charge is -2.20. The Hall–Kier alpha value is -2.31. The molecule has 1 aromatic carbocycles. The molecule has 98 valence electrons. The maximum absolute atomic E-state index is 11.3. The van der Waals surface area contributed by atoms with Crippen molar-refractivity contribution in [2.24, 2.45) is 0 Å². The zero-order valence-corrected chi connectivity index (χ0v) is 10.4. The molecule has 0 heterocycles. The summed E-state index contributed by atoms with van der Waals surface area (Å²) in [6, 6.07) is 5.97. The summed E-state index contributed by atoms with van der Waals surface area (Å²) >= 11 is 0. The number of amides is 1. The van der Waals surface area contributed by atoms with Crippen LogP contribution in [0.15, 0.2) is 24.3 Å². The van der Waals surface area contributed by atoms with Gasteiger partial charge in [-0.1, -0.05) is 12.1 Å². The van der Waals surface area contributed by atoms with Gasteiger partial charge in [0.2, 0.25) is 0 Å². The third kappa shape index (κ3) is 4.28. The molecule has 2 N–H and O–H groups in total. The number of hydrogen-bond acceptors (Lipinski definition) is 5. The average molecular weight is 253 g/mol. The van der Waals surface area contributed by atoms with Crippen molar-refractivity contribution in [1.82, 2.24) is 5.43 Å². The molecule has 0 aliphatic rings. The molecule has 0 aliphatic heterocycles. The quantitative estimate of drug-likeness (QED) is 0.637. The lowest BCUT2D eigenvalue weighted by Crippen LogP contribution is -2.35. The van der Waals surface area contributed by atoms with Gasteiger partial charge in [-0.25, -0.2) is 10.2 Å². The second-order valence-electron chi connectivity index (χ2n) is 4.53. The van der Waals surface area contributed by atoms with E-state index in [-0.39, 0.29) is 11.4 Å². The van der Waals surface area contributed by atoms with Gasteiger partial charge < -0.3 is 4.74 Å². The van der Waals surface area contributed by atoms with Crippen LogP contribution in [-0.4, -0.2) is 16.6 Å². The van der Waals surface area contributed by atoms with E-state index < -0.39 is 16.6 Å². The van der Waals surface area contributed by atoms with E-state index in [0.29, 0.717) is 0 Å². The topological polar surface area (TPSA) is 93.5 Å². The summed E-state index contributed by atoms with van der Waals surface area (Å²) in [5, 5.41) is 10.7. The van der Waals surface area contributed by atoms with Crippen LogP contribution in [-0.2, 0) is 4.74 Å². The molecule has 0 aromatic heterocycles. The highest BCUT2D eigenvalue weighted by atomic mass is 16.6. The Balaban J connectivity index is 2.64. The maximum atomic E-state index is 11.3. The van der Waals surface area contributed by atoms with Crippen LogP contribution in [0.5, 0.6) is 0 Å². The molecule has 0 bridgehead atoms. The number of nitro benzene ring substituents is 1. The molecule has 0 saturated heterocycles. The lowest BCUT2D eigenvalue weighted by molar-refractivity contribution is -0.384. The predicted octanol–water partition coefficient (Wildman–Crippen LogP) is 2.45. The minimum absolute atomic E-state index is 0.131. The van der Waals surface area contributed by atoms with Gasteiger partial charge in [0.15, 0.2) is 0 Å². The predicted molar refractivity (Wildman–Crippen MR) is 66.1 cm³/mol. The normalized spacial score (nSPS) is 10.6. The van der Waals surface area contributed by atoms with Gasteiger partial charge in [0.1, 0.15) is 11.3 Å². The number of carbonyl (C=O) groups excluding carboxylic acids is 1. The smallest absolute Gasteiger partial charge is 0.426 e. The van der Waals surface area contributed by atoms with Crippen molar-refractivity contribution in [3.05, 3.63) is 34.4 Å². The third-order valence-electron chi connectivity index (χ3n) is 1.80. The van der Waals surface area contributed by atoms with E-state index in [1.165, 1.54) is 18.2 Å². The number of nitro groups is 1. The van der Waals surface area contributed by atoms with Gasteiger partial charge in [0.05, 0.1) is 4.92 Å². The maximum Gasteiger partial charge on any atom is 0.426 e. The number of para-hydroxylation sites is 2. The summed E-state index contributed by atoms with van der Waals surface area (Å²) in [6.07, 6.45) is -0.708. The Morgan fingerprint density at radius 3 is 2.50 bits per heavy atom. The molecule has 0 fully saturated rings. The first-order valence-corrected chi connectivity index (χ1v) is 5.28. The fraction of sp³-hybridized carbons (Fsp3) is 0.364. The highest BCUT2D eigenvalue weighted by molar-refractivity contribution is 5.71. The number of anilines is 1. The van der Waals surface area contributed by atoms with Gasteiger partial charge in [-0.3, -0.25) is 15.5 Å². The van der Waals surface area contributed by atoms with E-state index in [1.807, 2.05) is 0 Å². The van der Waals surface area contributed by atoms with Crippen molar-refractivity contribution in [2.75, 3.05) is 5.43 Å². The highest BCUT2D eigenvalue weighted by Crippen LogP contribution is 2.22. The second kappa shape index (κ2) is 5.35. The first-order valence-electron chi connectivity index (χ1n) is 5.28. The monoisotopic (exact) mass is 253 g/mol. The summed E-state index contributed by atoms with van der Waals surface area (Å²) in [4.78, 5) is 21.5. The Kier molecular flexibility index (Phi) is 4.09. The van der Waals surface area contributed by atoms with Crippen molar-refractivity contribution in [3.63, 3.8) is 0 Å². The molecular formula is C11H15N3O4. The van der Waals surface area contributed by atoms with Crippen molar-refractivity contribution in [2.45, 2.75) is 26.4 Å². The molecule has 0 radical (unpaired) electrons. The Morgan fingerprint density at radius 2 is 1.94 bits per heavy atom. The van der Waals surface area contributed by atoms with Crippen LogP contribution in [0.3, 0.4) is 0 Å². The Labute approximate surface area is 104 Å². The van der Waals surface area contributed by atoms with E-state index in [4.69, 9.17) is 4.74 Å². The molecule has 0 aliphatic carbocycles. The van der Waals surface area contributed by atoms with Crippen LogP contribution in [0, 0.1) is 10.1 Å². The van der Waals surface area contributed by atoms with Crippen LogP contribution < -0.4 is 10.9 Å². The van der Waals surface area contributed by atoms with Crippen molar-refractivity contribution >= 4 is 17.5 Å². The van der Waals surface area contributed by atoms with E-state index >= 15 is 0 Å². The zero-order chi connectivity index (χ0) is 13.8. The highest BCUT2D eigenvalue weighted by Gasteiger charge is 2.17. The minimum atomic E-state index is -0.708. The van der Waals surface area contributed by atoms with Crippen molar-refractivity contribution in [3.8, 4) is 0 Å². The van der Waals surface area contributed by atoms with E-state index in [9.17, 15) is 14.9 Å². The number of nitrogens with zero attached hydrogens (tertiary/aromatic N) is 1. The van der Waals surface area contributed by atoms with E-state index in [0.717, 1.165) is 0 Å². The summed E-state index contributed by atoms with van der Waals surface area (Å²) in [7, 11) is 0.